The monoisotopic (exact) mass is 487 g/mol. The average molecular weight is 487 g/mol. The van der Waals surface area contributed by atoms with Gasteiger partial charge < -0.3 is 24.1 Å². The molecule has 8 nitrogen and oxygen atoms in total. The number of halogens is 1. The number of hydrogen-bond donors (Lipinski definition) is 1. The smallest absolute Gasteiger partial charge is 0.289 e. The Morgan fingerprint density at radius 2 is 2.00 bits per heavy atom. The molecule has 1 N–H and O–H groups in total. The van der Waals surface area contributed by atoms with Crippen LogP contribution in [0.2, 0.25) is 0 Å². The number of carbonyl (C=O) groups excluding carboxylic acids is 1. The minimum atomic E-state index is -0.0645. The van der Waals surface area contributed by atoms with Crippen molar-refractivity contribution in [3.63, 3.8) is 0 Å². The minimum Gasteiger partial charge on any atom is -0.459 e. The molecule has 9 heteroatoms. The Kier molecular flexibility index (Phi) is 8.14. The maximum absolute atomic E-state index is 12.4. The molecule has 1 amide bonds. The number of nitrogens with zero attached hydrogens (tertiary/aromatic N) is 4. The minimum absolute atomic E-state index is 0. The van der Waals surface area contributed by atoms with Crippen molar-refractivity contribution in [2.75, 3.05) is 32.7 Å². The summed E-state index contributed by atoms with van der Waals surface area (Å²) in [5.41, 5.74) is 0.935. The maximum atomic E-state index is 12.4. The largest absolute Gasteiger partial charge is 0.459 e. The first-order valence-corrected chi connectivity index (χ1v) is 9.01. The van der Waals surface area contributed by atoms with Crippen molar-refractivity contribution >= 4 is 35.8 Å². The van der Waals surface area contributed by atoms with Crippen LogP contribution in [0.3, 0.4) is 0 Å². The van der Waals surface area contributed by atoms with Crippen molar-refractivity contribution in [1.82, 2.24) is 20.3 Å². The first-order chi connectivity index (χ1) is 12.7. The molecule has 1 aliphatic heterocycles. The predicted octanol–water partition coefficient (Wildman–Crippen LogP) is 2.37. The number of piperazine rings is 1. The van der Waals surface area contributed by atoms with E-state index in [1.807, 2.05) is 24.8 Å². The van der Waals surface area contributed by atoms with E-state index in [1.165, 1.54) is 6.26 Å². The van der Waals surface area contributed by atoms with Crippen molar-refractivity contribution in [1.29, 1.82) is 0 Å². The lowest BCUT2D eigenvalue weighted by Crippen LogP contribution is -2.53. The van der Waals surface area contributed by atoms with E-state index in [2.05, 4.69) is 20.4 Å². The molecule has 27 heavy (non-hydrogen) atoms. The lowest BCUT2D eigenvalue weighted by molar-refractivity contribution is 0.0657. The molecule has 0 atom stereocenters. The third-order valence-electron chi connectivity index (χ3n) is 4.29. The van der Waals surface area contributed by atoms with Gasteiger partial charge >= 0.3 is 0 Å². The van der Waals surface area contributed by atoms with Crippen molar-refractivity contribution in [2.24, 2.45) is 4.99 Å². The average Bonchev–Trinajstić information content (AvgIpc) is 3.36. The first kappa shape index (κ1) is 21.3. The van der Waals surface area contributed by atoms with Gasteiger partial charge in [0.2, 0.25) is 0 Å². The predicted molar refractivity (Wildman–Crippen MR) is 112 cm³/mol. The topological polar surface area (TPSA) is 87.1 Å². The SMILES string of the molecule is CCNC(=NCc1cc(CC)no1)N1CCN(C(=O)c2ccco2)CC1.I. The number of aromatic nitrogens is 1. The van der Waals surface area contributed by atoms with E-state index in [0.29, 0.717) is 25.4 Å². The fourth-order valence-corrected chi connectivity index (χ4v) is 2.85. The van der Waals surface area contributed by atoms with E-state index in [4.69, 9.17) is 8.94 Å². The molecule has 1 fully saturated rings. The molecule has 0 bridgehead atoms. The van der Waals surface area contributed by atoms with Crippen molar-refractivity contribution in [3.05, 3.63) is 41.7 Å². The first-order valence-electron chi connectivity index (χ1n) is 9.01. The molecular weight excluding hydrogens is 461 g/mol. The lowest BCUT2D eigenvalue weighted by atomic mass is 10.3. The van der Waals surface area contributed by atoms with Gasteiger partial charge in [-0.3, -0.25) is 4.79 Å². The summed E-state index contributed by atoms with van der Waals surface area (Å²) >= 11 is 0. The normalized spacial score (nSPS) is 14.8. The summed E-state index contributed by atoms with van der Waals surface area (Å²) in [5, 5.41) is 7.30. The Morgan fingerprint density at radius 1 is 1.26 bits per heavy atom. The van der Waals surface area contributed by atoms with E-state index in [0.717, 1.165) is 43.5 Å². The van der Waals surface area contributed by atoms with Gasteiger partial charge in [0, 0.05) is 38.8 Å². The van der Waals surface area contributed by atoms with Gasteiger partial charge in [-0.1, -0.05) is 12.1 Å². The number of aliphatic imine (C=N–C) groups is 1. The van der Waals surface area contributed by atoms with E-state index in [-0.39, 0.29) is 29.9 Å². The third-order valence-corrected chi connectivity index (χ3v) is 4.29. The Balaban J connectivity index is 0.00000261. The van der Waals surface area contributed by atoms with E-state index >= 15 is 0 Å². The summed E-state index contributed by atoms with van der Waals surface area (Å²) < 4.78 is 10.5. The number of aryl methyl sites for hydroxylation is 1. The maximum Gasteiger partial charge on any atom is 0.289 e. The Morgan fingerprint density at radius 3 is 2.59 bits per heavy atom. The number of guanidine groups is 1. The molecule has 0 unspecified atom stereocenters. The summed E-state index contributed by atoms with van der Waals surface area (Å²) in [6.07, 6.45) is 2.37. The highest BCUT2D eigenvalue weighted by molar-refractivity contribution is 14.0. The van der Waals surface area contributed by atoms with Crippen LogP contribution in [0.25, 0.3) is 0 Å². The standard InChI is InChI=1S/C18H25N5O3.HI/c1-3-14-12-15(26-21-14)13-20-18(19-4-2)23-9-7-22(8-10-23)17(24)16-6-5-11-25-16;/h5-6,11-12H,3-4,7-10,13H2,1-2H3,(H,19,20);1H. The van der Waals surface area contributed by atoms with Gasteiger partial charge in [-0.25, -0.2) is 4.99 Å². The third kappa shape index (κ3) is 5.47. The molecule has 0 radical (unpaired) electrons. The highest BCUT2D eigenvalue weighted by Crippen LogP contribution is 2.11. The zero-order valence-corrected chi connectivity index (χ0v) is 18.0. The number of hydrogen-bond acceptors (Lipinski definition) is 5. The van der Waals surface area contributed by atoms with Gasteiger partial charge in [0.15, 0.2) is 17.5 Å². The van der Waals surface area contributed by atoms with Crippen molar-refractivity contribution in [3.8, 4) is 0 Å². The van der Waals surface area contributed by atoms with Crippen LogP contribution in [0.4, 0.5) is 0 Å². The van der Waals surface area contributed by atoms with Gasteiger partial charge in [0.25, 0.3) is 5.91 Å². The second kappa shape index (κ2) is 10.3. The van der Waals surface area contributed by atoms with Crippen LogP contribution in [-0.2, 0) is 13.0 Å². The van der Waals surface area contributed by atoms with Crippen LogP contribution in [0.15, 0.2) is 38.4 Å². The molecule has 148 valence electrons. The Labute approximate surface area is 176 Å². The Hall–Kier alpha value is -2.04. The molecule has 3 heterocycles. The lowest BCUT2D eigenvalue weighted by Gasteiger charge is -2.36. The molecule has 0 aliphatic carbocycles. The van der Waals surface area contributed by atoms with Gasteiger partial charge in [0.1, 0.15) is 6.54 Å². The molecule has 0 spiro atoms. The zero-order chi connectivity index (χ0) is 18.4. The van der Waals surface area contributed by atoms with E-state index in [1.54, 1.807) is 12.1 Å². The number of amides is 1. The highest BCUT2D eigenvalue weighted by atomic mass is 127. The van der Waals surface area contributed by atoms with Crippen LogP contribution in [0.1, 0.15) is 35.9 Å². The van der Waals surface area contributed by atoms with E-state index in [9.17, 15) is 4.79 Å². The molecule has 1 aliphatic rings. The van der Waals surface area contributed by atoms with Crippen LogP contribution < -0.4 is 5.32 Å². The van der Waals surface area contributed by atoms with Crippen molar-refractivity contribution < 1.29 is 13.7 Å². The quantitative estimate of drug-likeness (QED) is 0.396. The van der Waals surface area contributed by atoms with Crippen LogP contribution in [0, 0.1) is 0 Å². The van der Waals surface area contributed by atoms with Crippen LogP contribution >= 0.6 is 24.0 Å². The highest BCUT2D eigenvalue weighted by Gasteiger charge is 2.25. The zero-order valence-electron chi connectivity index (χ0n) is 15.7. The van der Waals surface area contributed by atoms with Crippen LogP contribution in [0.5, 0.6) is 0 Å². The summed E-state index contributed by atoms with van der Waals surface area (Å²) in [7, 11) is 0. The fourth-order valence-electron chi connectivity index (χ4n) is 2.85. The van der Waals surface area contributed by atoms with Crippen molar-refractivity contribution in [2.45, 2.75) is 26.8 Å². The molecule has 3 rings (SSSR count). The van der Waals surface area contributed by atoms with Gasteiger partial charge in [-0.2, -0.15) is 0 Å². The number of rotatable bonds is 5. The molecule has 1 saturated heterocycles. The summed E-state index contributed by atoms with van der Waals surface area (Å²) in [6, 6.07) is 5.36. The number of carbonyl (C=O) groups is 1. The fraction of sp³-hybridized carbons (Fsp3) is 0.500. The van der Waals surface area contributed by atoms with Gasteiger partial charge in [-0.15, -0.1) is 24.0 Å². The summed E-state index contributed by atoms with van der Waals surface area (Å²) in [5.74, 6) is 1.90. The summed E-state index contributed by atoms with van der Waals surface area (Å²) in [4.78, 5) is 21.0. The second-order valence-corrected chi connectivity index (χ2v) is 6.06. The van der Waals surface area contributed by atoms with Gasteiger partial charge in [0.05, 0.1) is 12.0 Å². The molecule has 2 aromatic rings. The summed E-state index contributed by atoms with van der Waals surface area (Å²) in [6.45, 7) is 8.00. The second-order valence-electron chi connectivity index (χ2n) is 6.06. The molecule has 0 saturated carbocycles. The Bertz CT molecular complexity index is 736. The number of furan rings is 1. The molecule has 0 aromatic carbocycles. The van der Waals surface area contributed by atoms with Crippen LogP contribution in [-0.4, -0.2) is 59.5 Å². The van der Waals surface area contributed by atoms with E-state index < -0.39 is 0 Å². The molecule has 2 aromatic heterocycles. The van der Waals surface area contributed by atoms with Gasteiger partial charge in [-0.05, 0) is 25.5 Å². The number of nitrogens with one attached hydrogen (secondary N) is 1. The molecular formula is C18H26IN5O3.